The molecule has 0 amide bonds. The van der Waals surface area contributed by atoms with Gasteiger partial charge >= 0.3 is 0 Å². The minimum absolute atomic E-state index is 0.132. The van der Waals surface area contributed by atoms with Gasteiger partial charge in [-0.15, -0.1) is 0 Å². The van der Waals surface area contributed by atoms with Gasteiger partial charge in [-0.05, 0) is 42.8 Å². The predicted molar refractivity (Wildman–Crippen MR) is 77.4 cm³/mol. The van der Waals surface area contributed by atoms with Crippen LogP contribution in [0.1, 0.15) is 30.6 Å². The SMILES string of the molecule is CCCNC(c1ccc(OC)cc1)c1ccccn1. The van der Waals surface area contributed by atoms with Crippen molar-refractivity contribution >= 4 is 0 Å². The topological polar surface area (TPSA) is 34.1 Å². The summed E-state index contributed by atoms with van der Waals surface area (Å²) < 4.78 is 5.20. The molecule has 1 unspecified atom stereocenters. The fourth-order valence-corrected chi connectivity index (χ4v) is 2.02. The fourth-order valence-electron chi connectivity index (χ4n) is 2.02. The number of hydrogen-bond donors (Lipinski definition) is 1. The number of nitrogens with zero attached hydrogens (tertiary/aromatic N) is 1. The first-order valence-corrected chi connectivity index (χ1v) is 6.63. The molecule has 1 atom stereocenters. The Hall–Kier alpha value is -1.87. The molecule has 0 fully saturated rings. The van der Waals surface area contributed by atoms with E-state index in [4.69, 9.17) is 4.74 Å². The maximum absolute atomic E-state index is 5.20. The lowest BCUT2D eigenvalue weighted by Gasteiger charge is -2.18. The highest BCUT2D eigenvalue weighted by atomic mass is 16.5. The lowest BCUT2D eigenvalue weighted by atomic mass is 10.0. The number of nitrogens with one attached hydrogen (secondary N) is 1. The highest BCUT2D eigenvalue weighted by molar-refractivity contribution is 5.33. The van der Waals surface area contributed by atoms with E-state index in [2.05, 4.69) is 35.4 Å². The Morgan fingerprint density at radius 2 is 1.95 bits per heavy atom. The van der Waals surface area contributed by atoms with Crippen LogP contribution in [0.4, 0.5) is 0 Å². The third kappa shape index (κ3) is 3.55. The maximum Gasteiger partial charge on any atom is 0.118 e. The molecule has 3 nitrogen and oxygen atoms in total. The van der Waals surface area contributed by atoms with E-state index in [1.54, 1.807) is 7.11 Å². The van der Waals surface area contributed by atoms with Crippen molar-refractivity contribution in [2.75, 3.05) is 13.7 Å². The van der Waals surface area contributed by atoms with Crippen LogP contribution in [0, 0.1) is 0 Å². The molecule has 0 aliphatic carbocycles. The highest BCUT2D eigenvalue weighted by Crippen LogP contribution is 2.22. The predicted octanol–water partition coefficient (Wildman–Crippen LogP) is 3.18. The van der Waals surface area contributed by atoms with E-state index in [-0.39, 0.29) is 6.04 Å². The van der Waals surface area contributed by atoms with Crippen molar-refractivity contribution in [2.24, 2.45) is 0 Å². The summed E-state index contributed by atoms with van der Waals surface area (Å²) in [5, 5.41) is 3.54. The first-order chi connectivity index (χ1) is 9.35. The van der Waals surface area contributed by atoms with Crippen LogP contribution in [0.5, 0.6) is 5.75 Å². The van der Waals surface area contributed by atoms with Gasteiger partial charge < -0.3 is 10.1 Å². The minimum atomic E-state index is 0.132. The van der Waals surface area contributed by atoms with E-state index in [1.165, 1.54) is 5.56 Å². The van der Waals surface area contributed by atoms with Crippen molar-refractivity contribution in [2.45, 2.75) is 19.4 Å². The van der Waals surface area contributed by atoms with Crippen LogP contribution in [0.15, 0.2) is 48.7 Å². The van der Waals surface area contributed by atoms with Gasteiger partial charge in [0.1, 0.15) is 5.75 Å². The van der Waals surface area contributed by atoms with Gasteiger partial charge in [0.25, 0.3) is 0 Å². The average molecular weight is 256 g/mol. The Balaban J connectivity index is 2.26. The van der Waals surface area contributed by atoms with Gasteiger partial charge in [0, 0.05) is 6.20 Å². The normalized spacial score (nSPS) is 12.1. The number of hydrogen-bond acceptors (Lipinski definition) is 3. The molecule has 100 valence electrons. The summed E-state index contributed by atoms with van der Waals surface area (Å²) in [6.07, 6.45) is 2.93. The third-order valence-electron chi connectivity index (χ3n) is 3.03. The molecule has 0 aliphatic heterocycles. The Morgan fingerprint density at radius 3 is 2.53 bits per heavy atom. The number of rotatable bonds is 6. The molecular weight excluding hydrogens is 236 g/mol. The first kappa shape index (κ1) is 13.6. The minimum Gasteiger partial charge on any atom is -0.497 e. The zero-order valence-corrected chi connectivity index (χ0v) is 11.5. The second-order valence-electron chi connectivity index (χ2n) is 4.41. The summed E-state index contributed by atoms with van der Waals surface area (Å²) >= 11 is 0. The van der Waals surface area contributed by atoms with Gasteiger partial charge in [0.2, 0.25) is 0 Å². The molecule has 0 saturated carbocycles. The first-order valence-electron chi connectivity index (χ1n) is 6.63. The molecular formula is C16H20N2O. The summed E-state index contributed by atoms with van der Waals surface area (Å²) in [4.78, 5) is 4.46. The van der Waals surface area contributed by atoms with Crippen molar-refractivity contribution in [1.82, 2.24) is 10.3 Å². The van der Waals surface area contributed by atoms with Crippen LogP contribution in [0.25, 0.3) is 0 Å². The van der Waals surface area contributed by atoms with Crippen LogP contribution in [0.3, 0.4) is 0 Å². The van der Waals surface area contributed by atoms with E-state index < -0.39 is 0 Å². The second kappa shape index (κ2) is 6.90. The summed E-state index contributed by atoms with van der Waals surface area (Å²) in [7, 11) is 1.68. The van der Waals surface area contributed by atoms with Crippen LogP contribution in [0.2, 0.25) is 0 Å². The lowest BCUT2D eigenvalue weighted by Crippen LogP contribution is -2.23. The third-order valence-corrected chi connectivity index (χ3v) is 3.03. The van der Waals surface area contributed by atoms with Gasteiger partial charge in [0.15, 0.2) is 0 Å². The summed E-state index contributed by atoms with van der Waals surface area (Å²) in [6, 6.07) is 14.3. The molecule has 0 spiro atoms. The quantitative estimate of drug-likeness (QED) is 0.862. The molecule has 0 saturated heterocycles. The number of benzene rings is 1. The summed E-state index contributed by atoms with van der Waals surface area (Å²) in [5.41, 5.74) is 2.24. The van der Waals surface area contributed by atoms with Crippen LogP contribution >= 0.6 is 0 Å². The molecule has 1 N–H and O–H groups in total. The van der Waals surface area contributed by atoms with Gasteiger partial charge in [-0.1, -0.05) is 25.1 Å². The van der Waals surface area contributed by atoms with E-state index in [9.17, 15) is 0 Å². The van der Waals surface area contributed by atoms with Gasteiger partial charge in [-0.25, -0.2) is 0 Å². The van der Waals surface area contributed by atoms with Crippen molar-refractivity contribution in [3.05, 3.63) is 59.9 Å². The Kier molecular flexibility index (Phi) is 4.93. The Bertz CT molecular complexity index is 482. The zero-order chi connectivity index (χ0) is 13.5. The van der Waals surface area contributed by atoms with Crippen molar-refractivity contribution in [3.63, 3.8) is 0 Å². The smallest absolute Gasteiger partial charge is 0.118 e. The Morgan fingerprint density at radius 1 is 1.16 bits per heavy atom. The number of methoxy groups -OCH3 is 1. The average Bonchev–Trinajstić information content (AvgIpc) is 2.49. The number of pyridine rings is 1. The van der Waals surface area contributed by atoms with Crippen LogP contribution < -0.4 is 10.1 Å². The zero-order valence-electron chi connectivity index (χ0n) is 11.5. The molecule has 2 aromatic rings. The molecule has 0 aliphatic rings. The van der Waals surface area contributed by atoms with Crippen molar-refractivity contribution < 1.29 is 4.74 Å². The molecule has 0 bridgehead atoms. The monoisotopic (exact) mass is 256 g/mol. The second-order valence-corrected chi connectivity index (χ2v) is 4.41. The van der Waals surface area contributed by atoms with Gasteiger partial charge in [0.05, 0.1) is 18.8 Å². The van der Waals surface area contributed by atoms with E-state index >= 15 is 0 Å². The lowest BCUT2D eigenvalue weighted by molar-refractivity contribution is 0.414. The Labute approximate surface area is 114 Å². The van der Waals surface area contributed by atoms with E-state index in [0.717, 1.165) is 24.4 Å². The van der Waals surface area contributed by atoms with Crippen molar-refractivity contribution in [3.8, 4) is 5.75 Å². The molecule has 1 aromatic heterocycles. The largest absolute Gasteiger partial charge is 0.497 e. The summed E-state index contributed by atoms with van der Waals surface area (Å²) in [6.45, 7) is 3.13. The molecule has 3 heteroatoms. The number of aromatic nitrogens is 1. The van der Waals surface area contributed by atoms with Crippen LogP contribution in [-0.2, 0) is 0 Å². The van der Waals surface area contributed by atoms with E-state index in [1.807, 2.05) is 30.5 Å². The molecule has 19 heavy (non-hydrogen) atoms. The van der Waals surface area contributed by atoms with Crippen molar-refractivity contribution in [1.29, 1.82) is 0 Å². The highest BCUT2D eigenvalue weighted by Gasteiger charge is 2.14. The van der Waals surface area contributed by atoms with Gasteiger partial charge in [-0.2, -0.15) is 0 Å². The van der Waals surface area contributed by atoms with Gasteiger partial charge in [-0.3, -0.25) is 4.98 Å². The molecule has 1 aromatic carbocycles. The molecule has 1 heterocycles. The number of ether oxygens (including phenoxy) is 1. The molecule has 2 rings (SSSR count). The van der Waals surface area contributed by atoms with E-state index in [0.29, 0.717) is 0 Å². The standard InChI is InChI=1S/C16H20N2O/c1-3-11-18-16(15-6-4-5-12-17-15)13-7-9-14(19-2)10-8-13/h4-10,12,16,18H,3,11H2,1-2H3. The molecule has 0 radical (unpaired) electrons. The summed E-state index contributed by atoms with van der Waals surface area (Å²) in [5.74, 6) is 0.874. The fraction of sp³-hybridized carbons (Fsp3) is 0.312. The maximum atomic E-state index is 5.20. The van der Waals surface area contributed by atoms with Crippen LogP contribution in [-0.4, -0.2) is 18.6 Å².